The molecule has 1 fully saturated rings. The number of alkyl halides is 3. The lowest BCUT2D eigenvalue weighted by atomic mass is 9.96. The van der Waals surface area contributed by atoms with Crippen LogP contribution < -0.4 is 5.32 Å². The van der Waals surface area contributed by atoms with Crippen LogP contribution in [-0.4, -0.2) is 12.2 Å². The van der Waals surface area contributed by atoms with Crippen LogP contribution in [0, 0.1) is 18.7 Å². The number of aryl methyl sites for hydroxylation is 1. The van der Waals surface area contributed by atoms with Crippen molar-refractivity contribution in [2.45, 2.75) is 51.7 Å². The molecular weight excluding hydrogens is 270 g/mol. The quantitative estimate of drug-likeness (QED) is 0.768. The van der Waals surface area contributed by atoms with Crippen molar-refractivity contribution in [3.63, 3.8) is 0 Å². The number of hydrogen-bond acceptors (Lipinski definition) is 1. The molecule has 5 heteroatoms. The van der Waals surface area contributed by atoms with E-state index in [1.807, 2.05) is 13.8 Å². The molecule has 0 aliphatic heterocycles. The second-order valence-corrected chi connectivity index (χ2v) is 5.84. The van der Waals surface area contributed by atoms with Crippen LogP contribution >= 0.6 is 0 Å². The summed E-state index contributed by atoms with van der Waals surface area (Å²) in [6.07, 6.45) is -3.16. The first-order chi connectivity index (χ1) is 9.20. The van der Waals surface area contributed by atoms with Gasteiger partial charge in [0.1, 0.15) is 11.9 Å². The van der Waals surface area contributed by atoms with Crippen LogP contribution in [0.25, 0.3) is 0 Å². The summed E-state index contributed by atoms with van der Waals surface area (Å²) in [5.41, 5.74) is 1.45. The minimum atomic E-state index is -4.30. The SMILES string of the molecule is Cc1cc(NC(C2CC2)C(F)(F)F)cc(F)c1C(C)C. The van der Waals surface area contributed by atoms with E-state index in [1.54, 1.807) is 13.0 Å². The van der Waals surface area contributed by atoms with Crippen molar-refractivity contribution in [2.75, 3.05) is 5.32 Å². The molecule has 0 amide bonds. The van der Waals surface area contributed by atoms with E-state index < -0.39 is 18.0 Å². The molecule has 1 aliphatic carbocycles. The Hall–Kier alpha value is -1.26. The van der Waals surface area contributed by atoms with Crippen LogP contribution in [0.5, 0.6) is 0 Å². The number of anilines is 1. The minimum Gasteiger partial charge on any atom is -0.374 e. The fraction of sp³-hybridized carbons (Fsp3) is 0.600. The molecule has 20 heavy (non-hydrogen) atoms. The van der Waals surface area contributed by atoms with E-state index >= 15 is 0 Å². The Morgan fingerprint density at radius 2 is 1.80 bits per heavy atom. The molecule has 0 spiro atoms. The Bertz CT molecular complexity index is 466. The van der Waals surface area contributed by atoms with Gasteiger partial charge in [-0.05, 0) is 54.9 Å². The molecular formula is C15H19F4N. The summed E-state index contributed by atoms with van der Waals surface area (Å²) in [6, 6.07) is 1.19. The summed E-state index contributed by atoms with van der Waals surface area (Å²) in [5.74, 6) is -0.826. The Balaban J connectivity index is 2.25. The van der Waals surface area contributed by atoms with Crippen LogP contribution in [0.2, 0.25) is 0 Å². The highest BCUT2D eigenvalue weighted by Crippen LogP contribution is 2.42. The van der Waals surface area contributed by atoms with Crippen LogP contribution in [0.3, 0.4) is 0 Å². The maximum Gasteiger partial charge on any atom is 0.408 e. The predicted octanol–water partition coefficient (Wildman–Crippen LogP) is 5.01. The Morgan fingerprint density at radius 1 is 1.20 bits per heavy atom. The first kappa shape index (κ1) is 15.1. The van der Waals surface area contributed by atoms with Gasteiger partial charge in [0.25, 0.3) is 0 Å². The van der Waals surface area contributed by atoms with Gasteiger partial charge < -0.3 is 5.32 Å². The second-order valence-electron chi connectivity index (χ2n) is 5.84. The van der Waals surface area contributed by atoms with Gasteiger partial charge >= 0.3 is 6.18 Å². The molecule has 2 rings (SSSR count). The van der Waals surface area contributed by atoms with Crippen molar-refractivity contribution in [3.05, 3.63) is 29.1 Å². The third-order valence-electron chi connectivity index (χ3n) is 3.68. The third kappa shape index (κ3) is 3.25. The summed E-state index contributed by atoms with van der Waals surface area (Å²) in [6.45, 7) is 5.45. The summed E-state index contributed by atoms with van der Waals surface area (Å²) in [5, 5.41) is 2.46. The zero-order chi connectivity index (χ0) is 15.1. The van der Waals surface area contributed by atoms with Crippen molar-refractivity contribution in [1.29, 1.82) is 0 Å². The average Bonchev–Trinajstić information content (AvgIpc) is 3.06. The number of rotatable bonds is 4. The molecule has 1 aromatic rings. The molecule has 1 nitrogen and oxygen atoms in total. The highest BCUT2D eigenvalue weighted by molar-refractivity contribution is 5.51. The van der Waals surface area contributed by atoms with Crippen LogP contribution in [0.15, 0.2) is 12.1 Å². The van der Waals surface area contributed by atoms with Crippen LogP contribution in [0.1, 0.15) is 43.7 Å². The monoisotopic (exact) mass is 289 g/mol. The van der Waals surface area contributed by atoms with Crippen molar-refractivity contribution in [3.8, 4) is 0 Å². The van der Waals surface area contributed by atoms with Gasteiger partial charge in [0.15, 0.2) is 0 Å². The van der Waals surface area contributed by atoms with E-state index in [-0.39, 0.29) is 17.5 Å². The van der Waals surface area contributed by atoms with Gasteiger partial charge in [-0.1, -0.05) is 13.8 Å². The van der Waals surface area contributed by atoms with Gasteiger partial charge in [-0.15, -0.1) is 0 Å². The Morgan fingerprint density at radius 3 is 2.20 bits per heavy atom. The molecule has 1 N–H and O–H groups in total. The summed E-state index contributed by atoms with van der Waals surface area (Å²) in [7, 11) is 0. The zero-order valence-corrected chi connectivity index (χ0v) is 11.8. The fourth-order valence-electron chi connectivity index (χ4n) is 2.65. The van der Waals surface area contributed by atoms with Gasteiger partial charge in [-0.25, -0.2) is 4.39 Å². The average molecular weight is 289 g/mol. The molecule has 1 aromatic carbocycles. The second kappa shape index (κ2) is 5.26. The van der Waals surface area contributed by atoms with E-state index in [0.717, 1.165) is 0 Å². The van der Waals surface area contributed by atoms with Gasteiger partial charge in [0.2, 0.25) is 0 Å². The van der Waals surface area contributed by atoms with Crippen molar-refractivity contribution in [1.82, 2.24) is 0 Å². The fourth-order valence-corrected chi connectivity index (χ4v) is 2.65. The molecule has 1 aliphatic rings. The topological polar surface area (TPSA) is 12.0 Å². The maximum atomic E-state index is 14.0. The lowest BCUT2D eigenvalue weighted by Gasteiger charge is -2.23. The molecule has 0 heterocycles. The largest absolute Gasteiger partial charge is 0.408 e. The van der Waals surface area contributed by atoms with Gasteiger partial charge in [-0.2, -0.15) is 13.2 Å². The molecule has 0 radical (unpaired) electrons. The minimum absolute atomic E-state index is 0.00546. The molecule has 0 saturated heterocycles. The van der Waals surface area contributed by atoms with E-state index in [1.165, 1.54) is 6.07 Å². The highest BCUT2D eigenvalue weighted by Gasteiger charge is 2.48. The molecule has 1 atom stereocenters. The van der Waals surface area contributed by atoms with E-state index in [9.17, 15) is 17.6 Å². The van der Waals surface area contributed by atoms with E-state index in [2.05, 4.69) is 5.32 Å². The first-order valence-electron chi connectivity index (χ1n) is 6.83. The van der Waals surface area contributed by atoms with E-state index in [4.69, 9.17) is 0 Å². The molecule has 1 unspecified atom stereocenters. The Kier molecular flexibility index (Phi) is 3.98. The number of halogens is 4. The van der Waals surface area contributed by atoms with Gasteiger partial charge in [-0.3, -0.25) is 0 Å². The number of nitrogens with one attached hydrogen (secondary N) is 1. The van der Waals surface area contributed by atoms with Gasteiger partial charge in [0.05, 0.1) is 0 Å². The van der Waals surface area contributed by atoms with Crippen molar-refractivity contribution >= 4 is 5.69 Å². The molecule has 0 aromatic heterocycles. The lowest BCUT2D eigenvalue weighted by Crippen LogP contribution is -2.38. The van der Waals surface area contributed by atoms with Crippen molar-refractivity contribution in [2.24, 2.45) is 5.92 Å². The predicted molar refractivity (Wildman–Crippen MR) is 71.4 cm³/mol. The maximum absolute atomic E-state index is 14.0. The van der Waals surface area contributed by atoms with Gasteiger partial charge in [0, 0.05) is 5.69 Å². The number of hydrogen-bond donors (Lipinski definition) is 1. The Labute approximate surface area is 116 Å². The molecule has 1 saturated carbocycles. The van der Waals surface area contributed by atoms with E-state index in [0.29, 0.717) is 24.0 Å². The normalized spacial score (nSPS) is 17.4. The molecule has 0 bridgehead atoms. The lowest BCUT2D eigenvalue weighted by molar-refractivity contribution is -0.146. The zero-order valence-electron chi connectivity index (χ0n) is 11.8. The molecule has 112 valence electrons. The number of benzene rings is 1. The smallest absolute Gasteiger partial charge is 0.374 e. The first-order valence-corrected chi connectivity index (χ1v) is 6.83. The summed E-state index contributed by atoms with van der Waals surface area (Å²) >= 11 is 0. The third-order valence-corrected chi connectivity index (χ3v) is 3.68. The van der Waals surface area contributed by atoms with Crippen LogP contribution in [-0.2, 0) is 0 Å². The summed E-state index contributed by atoms with van der Waals surface area (Å²) < 4.78 is 52.9. The van der Waals surface area contributed by atoms with Crippen molar-refractivity contribution < 1.29 is 17.6 Å². The summed E-state index contributed by atoms with van der Waals surface area (Å²) in [4.78, 5) is 0. The van der Waals surface area contributed by atoms with Crippen LogP contribution in [0.4, 0.5) is 23.2 Å². The highest BCUT2D eigenvalue weighted by atomic mass is 19.4. The standard InChI is InChI=1S/C15H19F4N/c1-8(2)13-9(3)6-11(7-12(13)16)20-14(10-4-5-10)15(17,18)19/h6-8,10,14,20H,4-5H2,1-3H3.